The third-order valence-corrected chi connectivity index (χ3v) is 6.97. The van der Waals surface area contributed by atoms with E-state index in [0.717, 1.165) is 16.1 Å². The maximum atomic E-state index is 13.2. The van der Waals surface area contributed by atoms with Gasteiger partial charge >= 0.3 is 0 Å². The minimum atomic E-state index is -0.165. The van der Waals surface area contributed by atoms with E-state index in [1.807, 2.05) is 17.9 Å². The lowest BCUT2D eigenvalue weighted by atomic mass is 10.1. The quantitative estimate of drug-likeness (QED) is 0.760. The van der Waals surface area contributed by atoms with Gasteiger partial charge in [0, 0.05) is 19.5 Å². The lowest BCUT2D eigenvalue weighted by molar-refractivity contribution is -0.114. The summed E-state index contributed by atoms with van der Waals surface area (Å²) in [6.45, 7) is 7.04. The van der Waals surface area contributed by atoms with Gasteiger partial charge in [0.1, 0.15) is 11.7 Å². The summed E-state index contributed by atoms with van der Waals surface area (Å²) >= 11 is 1.37. The topological polar surface area (TPSA) is 93.6 Å². The van der Waals surface area contributed by atoms with E-state index in [1.165, 1.54) is 31.1 Å². The number of ether oxygens (including phenoxy) is 2. The summed E-state index contributed by atoms with van der Waals surface area (Å²) in [5.74, 6) is 0.796. The number of amides is 2. The first-order chi connectivity index (χ1) is 14.4. The molecule has 4 heterocycles. The lowest BCUT2D eigenvalue weighted by Crippen LogP contribution is -2.39. The zero-order chi connectivity index (χ0) is 21.0. The van der Waals surface area contributed by atoms with Gasteiger partial charge in [0.2, 0.25) is 11.8 Å². The maximum absolute atomic E-state index is 13.2. The monoisotopic (exact) mass is 428 g/mol. The van der Waals surface area contributed by atoms with Crippen LogP contribution >= 0.6 is 11.3 Å². The van der Waals surface area contributed by atoms with E-state index in [4.69, 9.17) is 14.5 Å². The number of anilines is 1. The maximum Gasteiger partial charge on any atom is 0.260 e. The van der Waals surface area contributed by atoms with Crippen LogP contribution in [0, 0.1) is 12.8 Å². The van der Waals surface area contributed by atoms with E-state index in [-0.39, 0.29) is 24.0 Å². The number of hydrogen-bond acceptors (Lipinski definition) is 7. The van der Waals surface area contributed by atoms with Crippen molar-refractivity contribution < 1.29 is 19.1 Å². The molecule has 0 bridgehead atoms. The summed E-state index contributed by atoms with van der Waals surface area (Å²) in [5.41, 5.74) is 3.00. The second-order valence-corrected chi connectivity index (χ2v) is 9.25. The molecule has 9 heteroatoms. The molecule has 2 amide bonds. The number of carbonyl (C=O) groups is 2. The van der Waals surface area contributed by atoms with Gasteiger partial charge in [-0.15, -0.1) is 0 Å². The Morgan fingerprint density at radius 2 is 2.13 bits per heavy atom. The standard InChI is InChI=1S/C21H24N4O4S/c1-10-18(30-21(22-10)23-12(3)26)16-6-14-7-25(11(2)13-4-5-13)20(27)17(14)19(24-16)29-15-8-28-9-15/h6,11,13,15H,4-5,7-9H2,1-3H3,(H,22,23,26). The van der Waals surface area contributed by atoms with Crippen LogP contribution in [-0.2, 0) is 16.1 Å². The first-order valence-electron chi connectivity index (χ1n) is 10.3. The molecule has 0 spiro atoms. The molecule has 1 atom stereocenters. The Balaban J connectivity index is 1.53. The molecule has 158 valence electrons. The van der Waals surface area contributed by atoms with Crippen molar-refractivity contribution in [2.24, 2.45) is 5.92 Å². The van der Waals surface area contributed by atoms with Crippen molar-refractivity contribution in [1.29, 1.82) is 0 Å². The third-order valence-electron chi connectivity index (χ3n) is 5.88. The second-order valence-electron chi connectivity index (χ2n) is 8.25. The Morgan fingerprint density at radius 1 is 1.37 bits per heavy atom. The van der Waals surface area contributed by atoms with Crippen LogP contribution in [0.5, 0.6) is 5.88 Å². The number of aromatic nitrogens is 2. The van der Waals surface area contributed by atoms with Gasteiger partial charge in [-0.3, -0.25) is 9.59 Å². The second kappa shape index (κ2) is 7.31. The van der Waals surface area contributed by atoms with Crippen molar-refractivity contribution in [3.05, 3.63) is 22.9 Å². The van der Waals surface area contributed by atoms with Crippen LogP contribution in [0.25, 0.3) is 10.6 Å². The number of fused-ring (bicyclic) bond motifs is 1. The van der Waals surface area contributed by atoms with Gasteiger partial charge < -0.3 is 19.7 Å². The van der Waals surface area contributed by atoms with Gasteiger partial charge in [0.25, 0.3) is 5.91 Å². The molecule has 2 aliphatic heterocycles. The average molecular weight is 429 g/mol. The van der Waals surface area contributed by atoms with E-state index < -0.39 is 0 Å². The smallest absolute Gasteiger partial charge is 0.260 e. The molecule has 30 heavy (non-hydrogen) atoms. The van der Waals surface area contributed by atoms with Crippen molar-refractivity contribution >= 4 is 28.3 Å². The van der Waals surface area contributed by atoms with Crippen LogP contribution in [0.15, 0.2) is 6.07 Å². The van der Waals surface area contributed by atoms with Crippen LogP contribution < -0.4 is 10.1 Å². The predicted octanol–water partition coefficient (Wildman–Crippen LogP) is 3.00. The van der Waals surface area contributed by atoms with Crippen molar-refractivity contribution in [2.75, 3.05) is 18.5 Å². The molecular formula is C21H24N4O4S. The van der Waals surface area contributed by atoms with Crippen LogP contribution in [0.2, 0.25) is 0 Å². The summed E-state index contributed by atoms with van der Waals surface area (Å²) in [5, 5.41) is 3.27. The molecular weight excluding hydrogens is 404 g/mol. The Morgan fingerprint density at radius 3 is 2.77 bits per heavy atom. The van der Waals surface area contributed by atoms with Crippen molar-refractivity contribution in [3.8, 4) is 16.5 Å². The van der Waals surface area contributed by atoms with E-state index in [0.29, 0.717) is 47.9 Å². The van der Waals surface area contributed by atoms with E-state index in [9.17, 15) is 9.59 Å². The SMILES string of the molecule is CC(=O)Nc1nc(C)c(-c2cc3c(c(OC4COC4)n2)C(=O)N(C(C)C2CC2)C3)s1. The van der Waals surface area contributed by atoms with Crippen LogP contribution in [0.4, 0.5) is 5.13 Å². The summed E-state index contributed by atoms with van der Waals surface area (Å²) in [6.07, 6.45) is 2.27. The normalized spacial score (nSPS) is 19.4. The Labute approximate surface area is 178 Å². The number of nitrogens with zero attached hydrogens (tertiary/aromatic N) is 3. The molecule has 1 saturated heterocycles. The zero-order valence-corrected chi connectivity index (χ0v) is 18.0. The Kier molecular flexibility index (Phi) is 4.74. The van der Waals surface area contributed by atoms with Crippen molar-refractivity contribution in [1.82, 2.24) is 14.9 Å². The largest absolute Gasteiger partial charge is 0.469 e. The average Bonchev–Trinajstić information content (AvgIpc) is 3.37. The number of carbonyl (C=O) groups excluding carboxylic acids is 2. The summed E-state index contributed by atoms with van der Waals surface area (Å²) < 4.78 is 11.3. The van der Waals surface area contributed by atoms with Gasteiger partial charge in [-0.25, -0.2) is 9.97 Å². The van der Waals surface area contributed by atoms with Gasteiger partial charge in [-0.1, -0.05) is 11.3 Å². The zero-order valence-electron chi connectivity index (χ0n) is 17.2. The number of rotatable bonds is 6. The molecule has 1 aliphatic carbocycles. The number of thiazole rings is 1. The molecule has 0 radical (unpaired) electrons. The first-order valence-corrected chi connectivity index (χ1v) is 11.1. The van der Waals surface area contributed by atoms with Gasteiger partial charge in [-0.05, 0) is 44.2 Å². The molecule has 2 aromatic rings. The highest BCUT2D eigenvalue weighted by Crippen LogP contribution is 2.42. The minimum absolute atomic E-state index is 0.00125. The van der Waals surface area contributed by atoms with Crippen LogP contribution in [0.3, 0.4) is 0 Å². The van der Waals surface area contributed by atoms with Crippen LogP contribution in [0.1, 0.15) is 48.3 Å². The molecule has 1 N–H and O–H groups in total. The van der Waals surface area contributed by atoms with Crippen molar-refractivity contribution in [3.63, 3.8) is 0 Å². The summed E-state index contributed by atoms with van der Waals surface area (Å²) in [7, 11) is 0. The number of aryl methyl sites for hydroxylation is 1. The molecule has 1 unspecified atom stereocenters. The molecule has 5 rings (SSSR count). The highest BCUT2D eigenvalue weighted by molar-refractivity contribution is 7.19. The third kappa shape index (κ3) is 3.45. The van der Waals surface area contributed by atoms with Crippen molar-refractivity contribution in [2.45, 2.75) is 52.3 Å². The van der Waals surface area contributed by atoms with E-state index in [2.05, 4.69) is 17.2 Å². The van der Waals surface area contributed by atoms with Crippen LogP contribution in [-0.4, -0.2) is 52.0 Å². The lowest BCUT2D eigenvalue weighted by Gasteiger charge is -2.27. The van der Waals surface area contributed by atoms with Gasteiger partial charge in [-0.2, -0.15) is 0 Å². The first kappa shape index (κ1) is 19.4. The number of nitrogens with one attached hydrogen (secondary N) is 1. The molecule has 3 aliphatic rings. The Hall–Kier alpha value is -2.52. The number of hydrogen-bond donors (Lipinski definition) is 1. The van der Waals surface area contributed by atoms with E-state index in [1.54, 1.807) is 0 Å². The summed E-state index contributed by atoms with van der Waals surface area (Å²) in [6, 6.07) is 2.18. The molecule has 2 aromatic heterocycles. The summed E-state index contributed by atoms with van der Waals surface area (Å²) in [4.78, 5) is 36.6. The van der Waals surface area contributed by atoms with E-state index >= 15 is 0 Å². The predicted molar refractivity (Wildman–Crippen MR) is 112 cm³/mol. The fourth-order valence-corrected chi connectivity index (χ4v) is 4.94. The Bertz CT molecular complexity index is 1030. The minimum Gasteiger partial charge on any atom is -0.469 e. The highest BCUT2D eigenvalue weighted by Gasteiger charge is 2.41. The van der Waals surface area contributed by atoms with Gasteiger partial charge in [0.15, 0.2) is 5.13 Å². The highest BCUT2D eigenvalue weighted by atomic mass is 32.1. The molecule has 8 nitrogen and oxygen atoms in total. The fourth-order valence-electron chi connectivity index (χ4n) is 3.97. The molecule has 1 saturated carbocycles. The van der Waals surface area contributed by atoms with Gasteiger partial charge in [0.05, 0.1) is 29.5 Å². The fraction of sp³-hybridized carbons (Fsp3) is 0.524. The molecule has 0 aromatic carbocycles. The molecule has 2 fully saturated rings. The number of pyridine rings is 1.